The van der Waals surface area contributed by atoms with Crippen LogP contribution < -0.4 is 0 Å². The molecule has 0 unspecified atom stereocenters. The fourth-order valence-corrected chi connectivity index (χ4v) is 1.58. The molecule has 0 spiro atoms. The van der Waals surface area contributed by atoms with Gasteiger partial charge in [0.05, 0.1) is 16.8 Å². The third-order valence-corrected chi connectivity index (χ3v) is 2.77. The predicted molar refractivity (Wildman–Crippen MR) is 59.0 cm³/mol. The molecule has 0 aliphatic heterocycles. The van der Waals surface area contributed by atoms with E-state index in [4.69, 9.17) is 4.55 Å². The first kappa shape index (κ1) is 11.4. The van der Waals surface area contributed by atoms with E-state index in [9.17, 15) is 8.42 Å². The number of nitrogens with one attached hydrogen (secondary N) is 1. The molecule has 0 atom stereocenters. The smallest absolute Gasteiger partial charge is 0.283 e. The van der Waals surface area contributed by atoms with Crippen molar-refractivity contribution in [2.45, 2.75) is 4.90 Å². The molecule has 2 rings (SSSR count). The number of nitrogens with zero attached hydrogens (tertiary/aromatic N) is 3. The highest BCUT2D eigenvalue weighted by molar-refractivity contribution is 7.85. The maximum Gasteiger partial charge on any atom is 0.294 e. The van der Waals surface area contributed by atoms with Gasteiger partial charge in [-0.3, -0.25) is 9.65 Å². The van der Waals surface area contributed by atoms with Crippen LogP contribution in [0, 0.1) is 0 Å². The van der Waals surface area contributed by atoms with Gasteiger partial charge in [0.2, 0.25) is 0 Å². The molecule has 2 aromatic rings. The summed E-state index contributed by atoms with van der Waals surface area (Å²) in [6.07, 6.45) is 3.06. The molecule has 7 nitrogen and oxygen atoms in total. The molecule has 0 amide bonds. The highest BCUT2D eigenvalue weighted by Gasteiger charge is 2.07. The maximum absolute atomic E-state index is 10.8. The zero-order valence-corrected chi connectivity index (χ0v) is 9.29. The Hall–Kier alpha value is -2.06. The summed E-state index contributed by atoms with van der Waals surface area (Å²) in [5.74, 6) is 0. The molecule has 8 heteroatoms. The molecule has 1 aromatic heterocycles. The summed E-state index contributed by atoms with van der Waals surface area (Å²) in [4.78, 5) is -0.181. The number of hydrogen-bond acceptors (Lipinski definition) is 5. The zero-order valence-electron chi connectivity index (χ0n) is 8.48. The third kappa shape index (κ3) is 2.95. The lowest BCUT2D eigenvalue weighted by molar-refractivity contribution is 0.483. The fourth-order valence-electron chi connectivity index (χ4n) is 1.10. The van der Waals surface area contributed by atoms with Gasteiger partial charge in [-0.05, 0) is 24.3 Å². The molecule has 88 valence electrons. The van der Waals surface area contributed by atoms with E-state index in [0.717, 1.165) is 0 Å². The van der Waals surface area contributed by atoms with Crippen molar-refractivity contribution in [3.63, 3.8) is 0 Å². The number of H-pyrrole nitrogens is 1. The van der Waals surface area contributed by atoms with Crippen molar-refractivity contribution in [3.8, 4) is 0 Å². The molecular formula is C9H8N4O3S. The normalized spacial score (nSPS) is 12.1. The second kappa shape index (κ2) is 4.44. The second-order valence-electron chi connectivity index (χ2n) is 3.13. The van der Waals surface area contributed by atoms with Crippen LogP contribution in [0.4, 0.5) is 11.4 Å². The first-order valence-electron chi connectivity index (χ1n) is 4.54. The minimum Gasteiger partial charge on any atom is -0.283 e. The Kier molecular flexibility index (Phi) is 2.98. The van der Waals surface area contributed by atoms with Gasteiger partial charge < -0.3 is 0 Å². The van der Waals surface area contributed by atoms with Crippen LogP contribution in [0.2, 0.25) is 0 Å². The molecule has 0 fully saturated rings. The van der Waals surface area contributed by atoms with Crippen molar-refractivity contribution in [1.29, 1.82) is 0 Å². The van der Waals surface area contributed by atoms with E-state index in [2.05, 4.69) is 20.4 Å². The third-order valence-electron chi connectivity index (χ3n) is 1.90. The van der Waals surface area contributed by atoms with Crippen LogP contribution in [-0.2, 0) is 10.1 Å². The molecule has 0 aliphatic rings. The highest BCUT2D eigenvalue weighted by atomic mass is 32.2. The van der Waals surface area contributed by atoms with Gasteiger partial charge in [0, 0.05) is 6.20 Å². The maximum atomic E-state index is 10.8. The number of benzene rings is 1. The Morgan fingerprint density at radius 1 is 1.12 bits per heavy atom. The molecule has 2 N–H and O–H groups in total. The van der Waals surface area contributed by atoms with E-state index in [1.54, 1.807) is 6.20 Å². The number of azo groups is 1. The Morgan fingerprint density at radius 3 is 2.29 bits per heavy atom. The van der Waals surface area contributed by atoms with E-state index in [-0.39, 0.29) is 4.90 Å². The van der Waals surface area contributed by atoms with Gasteiger partial charge in [-0.2, -0.15) is 18.6 Å². The predicted octanol–water partition coefficient (Wildman–Crippen LogP) is 2.07. The zero-order chi connectivity index (χ0) is 12.3. The monoisotopic (exact) mass is 252 g/mol. The minimum atomic E-state index is -4.17. The summed E-state index contributed by atoms with van der Waals surface area (Å²) in [5, 5.41) is 14.0. The fraction of sp³-hybridized carbons (Fsp3) is 0. The number of aromatic amines is 1. The molecule has 0 saturated carbocycles. The molecular weight excluding hydrogens is 244 g/mol. The molecule has 1 heterocycles. The van der Waals surface area contributed by atoms with Crippen LogP contribution in [0.1, 0.15) is 0 Å². The van der Waals surface area contributed by atoms with Crippen LogP contribution in [0.3, 0.4) is 0 Å². The standard InChI is InChI=1S/C9H8N4O3S/c14-17(15,16)9-3-1-7(2-4-9)12-13-8-5-10-11-6-8/h1-6H,(H,10,11)(H,14,15,16). The van der Waals surface area contributed by atoms with Gasteiger partial charge in [-0.1, -0.05) is 0 Å². The van der Waals surface area contributed by atoms with Gasteiger partial charge in [-0.15, -0.1) is 5.11 Å². The summed E-state index contributed by atoms with van der Waals surface area (Å²) < 4.78 is 30.3. The first-order chi connectivity index (χ1) is 8.05. The van der Waals surface area contributed by atoms with Crippen LogP contribution in [-0.4, -0.2) is 23.2 Å². The van der Waals surface area contributed by atoms with Gasteiger partial charge in [0.1, 0.15) is 5.69 Å². The van der Waals surface area contributed by atoms with E-state index in [1.807, 2.05) is 0 Å². The van der Waals surface area contributed by atoms with Crippen molar-refractivity contribution in [3.05, 3.63) is 36.7 Å². The second-order valence-corrected chi connectivity index (χ2v) is 4.55. The number of rotatable bonds is 3. The lowest BCUT2D eigenvalue weighted by atomic mass is 10.3. The van der Waals surface area contributed by atoms with Crippen molar-refractivity contribution in [1.82, 2.24) is 10.2 Å². The average molecular weight is 252 g/mol. The Balaban J connectivity index is 2.19. The summed E-state index contributed by atoms with van der Waals surface area (Å²) in [6, 6.07) is 5.37. The minimum absolute atomic E-state index is 0.181. The van der Waals surface area contributed by atoms with Crippen LogP contribution >= 0.6 is 0 Å². The molecule has 0 radical (unpaired) electrons. The lowest BCUT2D eigenvalue weighted by Gasteiger charge is -1.96. The van der Waals surface area contributed by atoms with E-state index in [1.165, 1.54) is 30.5 Å². The van der Waals surface area contributed by atoms with Crippen molar-refractivity contribution in [2.24, 2.45) is 10.2 Å². The van der Waals surface area contributed by atoms with Gasteiger partial charge >= 0.3 is 0 Å². The molecule has 1 aromatic carbocycles. The average Bonchev–Trinajstić information content (AvgIpc) is 2.78. The molecule has 0 saturated heterocycles. The first-order valence-corrected chi connectivity index (χ1v) is 5.98. The summed E-state index contributed by atoms with van der Waals surface area (Å²) >= 11 is 0. The Bertz CT molecular complexity index is 617. The number of hydrogen-bond donors (Lipinski definition) is 2. The van der Waals surface area contributed by atoms with E-state index >= 15 is 0 Å². The van der Waals surface area contributed by atoms with Crippen LogP contribution in [0.25, 0.3) is 0 Å². The molecule has 17 heavy (non-hydrogen) atoms. The summed E-state index contributed by atoms with van der Waals surface area (Å²) in [5.41, 5.74) is 1.03. The molecule has 0 aliphatic carbocycles. The molecule has 0 bridgehead atoms. The van der Waals surface area contributed by atoms with Crippen LogP contribution in [0.5, 0.6) is 0 Å². The Morgan fingerprint density at radius 2 is 1.76 bits per heavy atom. The summed E-state index contributed by atoms with van der Waals surface area (Å²) in [7, 11) is -4.17. The van der Waals surface area contributed by atoms with Gasteiger partial charge in [0.15, 0.2) is 0 Å². The van der Waals surface area contributed by atoms with Crippen molar-refractivity contribution >= 4 is 21.5 Å². The van der Waals surface area contributed by atoms with Crippen molar-refractivity contribution in [2.75, 3.05) is 0 Å². The van der Waals surface area contributed by atoms with Crippen molar-refractivity contribution < 1.29 is 13.0 Å². The topological polar surface area (TPSA) is 108 Å². The van der Waals surface area contributed by atoms with Crippen LogP contribution in [0.15, 0.2) is 51.8 Å². The SMILES string of the molecule is O=S(=O)(O)c1ccc(N=Nc2cn[nH]c2)cc1. The summed E-state index contributed by atoms with van der Waals surface area (Å²) in [6.45, 7) is 0. The van der Waals surface area contributed by atoms with E-state index < -0.39 is 10.1 Å². The van der Waals surface area contributed by atoms with Gasteiger partial charge in [0.25, 0.3) is 10.1 Å². The number of aromatic nitrogens is 2. The highest BCUT2D eigenvalue weighted by Crippen LogP contribution is 2.19. The van der Waals surface area contributed by atoms with Gasteiger partial charge in [-0.25, -0.2) is 0 Å². The quantitative estimate of drug-likeness (QED) is 0.643. The van der Waals surface area contributed by atoms with E-state index in [0.29, 0.717) is 11.4 Å². The Labute approximate surface area is 97.0 Å². The lowest BCUT2D eigenvalue weighted by Crippen LogP contribution is -1.96. The largest absolute Gasteiger partial charge is 0.294 e.